The zero-order valence-electron chi connectivity index (χ0n) is 13.2. The van der Waals surface area contributed by atoms with Crippen LogP contribution in [0.2, 0.25) is 0 Å². The summed E-state index contributed by atoms with van der Waals surface area (Å²) in [5.74, 6) is -0.174. The number of rotatable bonds is 6. The monoisotopic (exact) mass is 380 g/mol. The zero-order valence-corrected chi connectivity index (χ0v) is 14.8. The van der Waals surface area contributed by atoms with Crippen molar-refractivity contribution >= 4 is 28.6 Å². The summed E-state index contributed by atoms with van der Waals surface area (Å²) in [4.78, 5) is 17.4. The minimum absolute atomic E-state index is 0.0652. The Balaban J connectivity index is 1.67. The van der Waals surface area contributed by atoms with Gasteiger partial charge in [0.2, 0.25) is 0 Å². The van der Waals surface area contributed by atoms with Crippen LogP contribution in [-0.4, -0.2) is 17.5 Å². The molecule has 0 unspecified atom stereocenters. The quantitative estimate of drug-likeness (QED) is 0.674. The highest BCUT2D eigenvalue weighted by Crippen LogP contribution is 2.29. The minimum Gasteiger partial charge on any atom is -0.435 e. The first-order valence-electron chi connectivity index (χ1n) is 7.35. The summed E-state index contributed by atoms with van der Waals surface area (Å²) < 4.78 is 28.9. The Morgan fingerprint density at radius 1 is 1.36 bits per heavy atom. The first kappa shape index (κ1) is 17.5. The van der Waals surface area contributed by atoms with E-state index in [1.807, 2.05) is 16.8 Å². The molecule has 130 valence electrons. The first-order valence-corrected chi connectivity index (χ1v) is 9.11. The molecule has 0 radical (unpaired) electrons. The predicted octanol–water partition coefficient (Wildman–Crippen LogP) is 4.71. The molecular formula is C17H14F2N2O2S2. The lowest BCUT2D eigenvalue weighted by atomic mass is 10.2. The highest BCUT2D eigenvalue weighted by atomic mass is 32.1. The topological polar surface area (TPSA) is 51.2 Å². The Labute approximate surface area is 151 Å². The van der Waals surface area contributed by atoms with Gasteiger partial charge < -0.3 is 10.1 Å². The number of aromatic nitrogens is 1. The maximum Gasteiger partial charge on any atom is 0.387 e. The van der Waals surface area contributed by atoms with Crippen LogP contribution in [0.25, 0.3) is 10.6 Å². The fraction of sp³-hybridized carbons (Fsp3) is 0.176. The van der Waals surface area contributed by atoms with Crippen LogP contribution in [0, 0.1) is 6.92 Å². The molecule has 0 fully saturated rings. The van der Waals surface area contributed by atoms with Crippen LogP contribution in [0.3, 0.4) is 0 Å². The van der Waals surface area contributed by atoms with Gasteiger partial charge in [0, 0.05) is 17.5 Å². The van der Waals surface area contributed by atoms with E-state index in [-0.39, 0.29) is 18.2 Å². The van der Waals surface area contributed by atoms with Crippen molar-refractivity contribution in [2.75, 3.05) is 0 Å². The Kier molecular flexibility index (Phi) is 5.40. The van der Waals surface area contributed by atoms with Crippen LogP contribution in [0.1, 0.15) is 20.9 Å². The van der Waals surface area contributed by atoms with Crippen molar-refractivity contribution in [2.24, 2.45) is 0 Å². The number of benzene rings is 1. The van der Waals surface area contributed by atoms with Gasteiger partial charge in [-0.15, -0.1) is 11.3 Å². The average Bonchev–Trinajstić information content (AvgIpc) is 3.21. The molecule has 1 N–H and O–H groups in total. The molecule has 1 aromatic carbocycles. The highest BCUT2D eigenvalue weighted by molar-refractivity contribution is 7.17. The van der Waals surface area contributed by atoms with Gasteiger partial charge in [-0.2, -0.15) is 20.1 Å². The third kappa shape index (κ3) is 4.40. The van der Waals surface area contributed by atoms with Gasteiger partial charge in [-0.3, -0.25) is 4.79 Å². The molecule has 3 aromatic rings. The fourth-order valence-electron chi connectivity index (χ4n) is 2.21. The van der Waals surface area contributed by atoms with Crippen molar-refractivity contribution in [3.05, 3.63) is 57.2 Å². The number of ether oxygens (including phenoxy) is 1. The van der Waals surface area contributed by atoms with Crippen molar-refractivity contribution < 1.29 is 18.3 Å². The van der Waals surface area contributed by atoms with Crippen LogP contribution in [-0.2, 0) is 6.54 Å². The number of alkyl halides is 2. The van der Waals surface area contributed by atoms with E-state index in [9.17, 15) is 13.6 Å². The van der Waals surface area contributed by atoms with Gasteiger partial charge >= 0.3 is 6.61 Å². The van der Waals surface area contributed by atoms with E-state index in [2.05, 4.69) is 15.0 Å². The van der Waals surface area contributed by atoms with Crippen LogP contribution >= 0.6 is 22.7 Å². The summed E-state index contributed by atoms with van der Waals surface area (Å²) in [5.41, 5.74) is 2.33. The van der Waals surface area contributed by atoms with Crippen LogP contribution in [0.15, 0.2) is 41.1 Å². The summed E-state index contributed by atoms with van der Waals surface area (Å²) in [6.45, 7) is -0.872. The number of hydrogen-bond acceptors (Lipinski definition) is 5. The molecule has 0 aliphatic heterocycles. The molecule has 0 saturated heterocycles. The Morgan fingerprint density at radius 3 is 2.92 bits per heavy atom. The van der Waals surface area contributed by atoms with Crippen molar-refractivity contribution in [3.63, 3.8) is 0 Å². The number of nitrogens with one attached hydrogen (secondary N) is 1. The molecule has 0 saturated carbocycles. The van der Waals surface area contributed by atoms with E-state index in [4.69, 9.17) is 0 Å². The molecule has 0 spiro atoms. The molecule has 0 aliphatic rings. The molecule has 3 rings (SSSR count). The number of nitrogens with zero attached hydrogens (tertiary/aromatic N) is 1. The lowest BCUT2D eigenvalue weighted by Crippen LogP contribution is -2.22. The Morgan fingerprint density at radius 2 is 2.20 bits per heavy atom. The Bertz CT molecular complexity index is 863. The normalized spacial score (nSPS) is 10.9. The standard InChI is InChI=1S/C17H14F2N2O2S2/c1-10-14(25-16(21-10)12-5-6-24-9-12)15(22)20-8-11-3-2-4-13(7-11)23-17(18)19/h2-7,9,17H,8H2,1H3,(H,20,22). The van der Waals surface area contributed by atoms with Gasteiger partial charge in [0.1, 0.15) is 15.6 Å². The maximum absolute atomic E-state index is 12.4. The molecule has 4 nitrogen and oxygen atoms in total. The summed E-state index contributed by atoms with van der Waals surface area (Å²) in [6, 6.07) is 8.21. The lowest BCUT2D eigenvalue weighted by molar-refractivity contribution is -0.0498. The molecule has 0 aliphatic carbocycles. The number of thiophene rings is 1. The van der Waals surface area contributed by atoms with Gasteiger partial charge in [0.25, 0.3) is 5.91 Å². The second-order valence-electron chi connectivity index (χ2n) is 5.15. The number of carbonyl (C=O) groups excluding carboxylic acids is 1. The van der Waals surface area contributed by atoms with Gasteiger partial charge in [0.05, 0.1) is 5.69 Å². The average molecular weight is 380 g/mol. The zero-order chi connectivity index (χ0) is 17.8. The molecule has 2 heterocycles. The van der Waals surface area contributed by atoms with Crippen LogP contribution < -0.4 is 10.1 Å². The smallest absolute Gasteiger partial charge is 0.387 e. The predicted molar refractivity (Wildman–Crippen MR) is 94.4 cm³/mol. The van der Waals surface area contributed by atoms with E-state index in [1.54, 1.807) is 30.4 Å². The van der Waals surface area contributed by atoms with Crippen molar-refractivity contribution in [1.82, 2.24) is 10.3 Å². The van der Waals surface area contributed by atoms with E-state index < -0.39 is 6.61 Å². The fourth-order valence-corrected chi connectivity index (χ4v) is 3.91. The number of amides is 1. The van der Waals surface area contributed by atoms with E-state index in [0.29, 0.717) is 16.1 Å². The number of hydrogen-bond donors (Lipinski definition) is 1. The van der Waals surface area contributed by atoms with Crippen LogP contribution in [0.4, 0.5) is 8.78 Å². The first-order chi connectivity index (χ1) is 12.0. The van der Waals surface area contributed by atoms with Crippen LogP contribution in [0.5, 0.6) is 5.75 Å². The van der Waals surface area contributed by atoms with Gasteiger partial charge in [-0.25, -0.2) is 4.98 Å². The van der Waals surface area contributed by atoms with Crippen molar-refractivity contribution in [2.45, 2.75) is 20.1 Å². The molecule has 2 aromatic heterocycles. The molecule has 8 heteroatoms. The third-order valence-electron chi connectivity index (χ3n) is 3.35. The summed E-state index contributed by atoms with van der Waals surface area (Å²) >= 11 is 2.90. The summed E-state index contributed by atoms with van der Waals surface area (Å²) in [7, 11) is 0. The molecule has 0 bridgehead atoms. The summed E-state index contributed by atoms with van der Waals surface area (Å²) in [6.07, 6.45) is 0. The Hall–Kier alpha value is -2.32. The third-order valence-corrected chi connectivity index (χ3v) is 5.24. The molecule has 1 amide bonds. The number of thiazole rings is 1. The summed E-state index contributed by atoms with van der Waals surface area (Å²) in [5, 5.41) is 7.53. The van der Waals surface area contributed by atoms with E-state index >= 15 is 0 Å². The minimum atomic E-state index is -2.87. The van der Waals surface area contributed by atoms with Crippen molar-refractivity contribution in [1.29, 1.82) is 0 Å². The molecule has 25 heavy (non-hydrogen) atoms. The van der Waals surface area contributed by atoms with Gasteiger partial charge in [-0.05, 0) is 36.1 Å². The van der Waals surface area contributed by atoms with Gasteiger partial charge in [-0.1, -0.05) is 12.1 Å². The molecular weight excluding hydrogens is 366 g/mol. The SMILES string of the molecule is Cc1nc(-c2ccsc2)sc1C(=O)NCc1cccc(OC(F)F)c1. The highest BCUT2D eigenvalue weighted by Gasteiger charge is 2.16. The van der Waals surface area contributed by atoms with Gasteiger partial charge in [0.15, 0.2) is 0 Å². The maximum atomic E-state index is 12.4. The number of halogens is 2. The lowest BCUT2D eigenvalue weighted by Gasteiger charge is -2.08. The number of carbonyl (C=O) groups is 1. The molecule has 0 atom stereocenters. The largest absolute Gasteiger partial charge is 0.435 e. The second kappa shape index (κ2) is 7.71. The van der Waals surface area contributed by atoms with Crippen molar-refractivity contribution in [3.8, 4) is 16.3 Å². The second-order valence-corrected chi connectivity index (χ2v) is 6.93. The number of aryl methyl sites for hydroxylation is 1. The van der Waals surface area contributed by atoms with E-state index in [0.717, 1.165) is 10.6 Å². The van der Waals surface area contributed by atoms with E-state index in [1.165, 1.54) is 23.5 Å².